The zero-order chi connectivity index (χ0) is 16.8. The van der Waals surface area contributed by atoms with Crippen molar-refractivity contribution in [3.63, 3.8) is 0 Å². The predicted molar refractivity (Wildman–Crippen MR) is 101 cm³/mol. The lowest BCUT2D eigenvalue weighted by atomic mass is 9.84. The smallest absolute Gasteiger partial charge is 0.224 e. The van der Waals surface area contributed by atoms with Crippen molar-refractivity contribution >= 4 is 35.6 Å². The van der Waals surface area contributed by atoms with Gasteiger partial charge >= 0.3 is 0 Å². The first-order valence-electron chi connectivity index (χ1n) is 8.35. The van der Waals surface area contributed by atoms with E-state index in [9.17, 15) is 9.59 Å². The van der Waals surface area contributed by atoms with Crippen LogP contribution in [-0.2, 0) is 9.59 Å². The first kappa shape index (κ1) is 20.5. The van der Waals surface area contributed by atoms with Crippen molar-refractivity contribution in [3.8, 4) is 0 Å². The Bertz CT molecular complexity index is 571. The second-order valence-corrected chi connectivity index (χ2v) is 6.48. The van der Waals surface area contributed by atoms with Gasteiger partial charge in [-0.1, -0.05) is 13.0 Å². The maximum absolute atomic E-state index is 12.3. The molecule has 1 aliphatic heterocycles. The highest BCUT2D eigenvalue weighted by Crippen LogP contribution is 2.26. The number of amides is 2. The van der Waals surface area contributed by atoms with E-state index in [1.807, 2.05) is 25.1 Å². The minimum absolute atomic E-state index is 0. The van der Waals surface area contributed by atoms with Crippen LogP contribution in [0.3, 0.4) is 0 Å². The van der Waals surface area contributed by atoms with Crippen molar-refractivity contribution in [2.45, 2.75) is 40.0 Å². The van der Waals surface area contributed by atoms with Gasteiger partial charge in [0, 0.05) is 24.7 Å². The number of piperidine rings is 1. The predicted octanol–water partition coefficient (Wildman–Crippen LogP) is 3.34. The van der Waals surface area contributed by atoms with Crippen LogP contribution >= 0.6 is 12.4 Å². The third-order valence-electron chi connectivity index (χ3n) is 4.61. The van der Waals surface area contributed by atoms with Crippen LogP contribution in [0, 0.1) is 18.8 Å². The summed E-state index contributed by atoms with van der Waals surface area (Å²) in [4.78, 5) is 23.6. The normalized spacial score (nSPS) is 16.0. The van der Waals surface area contributed by atoms with Crippen LogP contribution in [0.2, 0.25) is 0 Å². The first-order valence-corrected chi connectivity index (χ1v) is 8.35. The fraction of sp³-hybridized carbons (Fsp3) is 0.556. The zero-order valence-corrected chi connectivity index (χ0v) is 15.5. The van der Waals surface area contributed by atoms with E-state index in [-0.39, 0.29) is 24.2 Å². The number of anilines is 2. The Morgan fingerprint density at radius 2 is 1.79 bits per heavy atom. The van der Waals surface area contributed by atoms with Crippen molar-refractivity contribution in [3.05, 3.63) is 23.8 Å². The van der Waals surface area contributed by atoms with Gasteiger partial charge in [-0.3, -0.25) is 9.59 Å². The lowest BCUT2D eigenvalue weighted by Crippen LogP contribution is -2.32. The summed E-state index contributed by atoms with van der Waals surface area (Å²) in [5, 5.41) is 9.13. The SMILES string of the molecule is CC(=O)Nc1cccc(NC(=O)CC(C)C2CCNCC2)c1C.Cl. The monoisotopic (exact) mass is 353 g/mol. The summed E-state index contributed by atoms with van der Waals surface area (Å²) in [6.45, 7) is 7.64. The van der Waals surface area contributed by atoms with Crippen molar-refractivity contribution < 1.29 is 9.59 Å². The molecule has 1 saturated heterocycles. The number of halogens is 1. The minimum atomic E-state index is -0.115. The Morgan fingerprint density at radius 3 is 2.38 bits per heavy atom. The maximum Gasteiger partial charge on any atom is 0.224 e. The van der Waals surface area contributed by atoms with E-state index in [1.54, 1.807) is 0 Å². The molecule has 24 heavy (non-hydrogen) atoms. The van der Waals surface area contributed by atoms with Crippen LogP contribution in [0.15, 0.2) is 18.2 Å². The Morgan fingerprint density at radius 1 is 1.21 bits per heavy atom. The molecule has 0 bridgehead atoms. The molecule has 1 heterocycles. The van der Waals surface area contributed by atoms with Gasteiger partial charge in [0.15, 0.2) is 0 Å². The Hall–Kier alpha value is -1.59. The summed E-state index contributed by atoms with van der Waals surface area (Å²) in [5.74, 6) is 0.931. The summed E-state index contributed by atoms with van der Waals surface area (Å²) in [6, 6.07) is 5.54. The van der Waals surface area contributed by atoms with E-state index in [2.05, 4.69) is 22.9 Å². The molecule has 1 fully saturated rings. The van der Waals surface area contributed by atoms with Gasteiger partial charge in [-0.2, -0.15) is 0 Å². The number of carbonyl (C=O) groups is 2. The van der Waals surface area contributed by atoms with Crippen LogP contribution in [0.5, 0.6) is 0 Å². The molecule has 2 rings (SSSR count). The molecule has 1 atom stereocenters. The number of hydrogen-bond donors (Lipinski definition) is 3. The number of carbonyl (C=O) groups excluding carboxylic acids is 2. The van der Waals surface area contributed by atoms with Crippen molar-refractivity contribution in [1.82, 2.24) is 5.32 Å². The van der Waals surface area contributed by atoms with Gasteiger partial charge in [0.05, 0.1) is 0 Å². The second-order valence-electron chi connectivity index (χ2n) is 6.48. The number of hydrogen-bond acceptors (Lipinski definition) is 3. The average Bonchev–Trinajstić information content (AvgIpc) is 2.51. The standard InChI is InChI=1S/C18H27N3O2.ClH/c1-12(15-7-9-19-10-8-15)11-18(23)21-17-6-4-5-16(13(17)2)20-14(3)22;/h4-6,12,15,19H,7-11H2,1-3H3,(H,20,22)(H,21,23);1H. The van der Waals surface area contributed by atoms with E-state index >= 15 is 0 Å². The molecule has 0 aromatic heterocycles. The number of nitrogens with one attached hydrogen (secondary N) is 3. The highest BCUT2D eigenvalue weighted by Gasteiger charge is 2.22. The molecule has 5 nitrogen and oxygen atoms in total. The number of benzene rings is 1. The molecule has 6 heteroatoms. The van der Waals surface area contributed by atoms with Crippen molar-refractivity contribution in [2.24, 2.45) is 11.8 Å². The highest BCUT2D eigenvalue weighted by molar-refractivity contribution is 5.95. The summed E-state index contributed by atoms with van der Waals surface area (Å²) in [6.07, 6.45) is 2.82. The second kappa shape index (κ2) is 9.64. The Labute approximate surface area is 150 Å². The highest BCUT2D eigenvalue weighted by atomic mass is 35.5. The molecular weight excluding hydrogens is 326 g/mol. The molecular formula is C18H28ClN3O2. The third-order valence-corrected chi connectivity index (χ3v) is 4.61. The summed E-state index contributed by atoms with van der Waals surface area (Å²) < 4.78 is 0. The molecule has 1 aromatic rings. The lowest BCUT2D eigenvalue weighted by Gasteiger charge is -2.28. The molecule has 134 valence electrons. The molecule has 3 N–H and O–H groups in total. The molecule has 1 aromatic carbocycles. The maximum atomic E-state index is 12.3. The van der Waals surface area contributed by atoms with E-state index in [0.29, 0.717) is 18.3 Å². The fourth-order valence-corrected chi connectivity index (χ4v) is 3.17. The topological polar surface area (TPSA) is 70.2 Å². The molecule has 1 aliphatic rings. The van der Waals surface area contributed by atoms with Gasteiger partial charge in [0.1, 0.15) is 0 Å². The van der Waals surface area contributed by atoms with Gasteiger partial charge in [-0.15, -0.1) is 12.4 Å². The minimum Gasteiger partial charge on any atom is -0.326 e. The van der Waals surface area contributed by atoms with Crippen LogP contribution in [0.25, 0.3) is 0 Å². The summed E-state index contributed by atoms with van der Waals surface area (Å²) in [5.41, 5.74) is 2.38. The molecule has 1 unspecified atom stereocenters. The quantitative estimate of drug-likeness (QED) is 0.760. The van der Waals surface area contributed by atoms with E-state index in [4.69, 9.17) is 0 Å². The molecule has 0 aliphatic carbocycles. The van der Waals surface area contributed by atoms with Gasteiger partial charge in [-0.05, 0) is 62.4 Å². The van der Waals surface area contributed by atoms with Crippen molar-refractivity contribution in [1.29, 1.82) is 0 Å². The lowest BCUT2D eigenvalue weighted by molar-refractivity contribution is -0.117. The molecule has 0 radical (unpaired) electrons. The van der Waals surface area contributed by atoms with Gasteiger partial charge < -0.3 is 16.0 Å². The average molecular weight is 354 g/mol. The molecule has 0 spiro atoms. The van der Waals surface area contributed by atoms with Crippen LogP contribution in [-0.4, -0.2) is 24.9 Å². The van der Waals surface area contributed by atoms with Gasteiger partial charge in [0.25, 0.3) is 0 Å². The Kier molecular flexibility index (Phi) is 8.22. The largest absolute Gasteiger partial charge is 0.326 e. The van der Waals surface area contributed by atoms with Crippen LogP contribution in [0.4, 0.5) is 11.4 Å². The summed E-state index contributed by atoms with van der Waals surface area (Å²) >= 11 is 0. The summed E-state index contributed by atoms with van der Waals surface area (Å²) in [7, 11) is 0. The van der Waals surface area contributed by atoms with Crippen LogP contribution < -0.4 is 16.0 Å². The van der Waals surface area contributed by atoms with Crippen LogP contribution in [0.1, 0.15) is 38.7 Å². The fourth-order valence-electron chi connectivity index (χ4n) is 3.17. The third kappa shape index (κ3) is 5.80. The zero-order valence-electron chi connectivity index (χ0n) is 14.6. The number of rotatable bonds is 5. The Balaban J connectivity index is 0.00000288. The van der Waals surface area contributed by atoms with Crippen molar-refractivity contribution in [2.75, 3.05) is 23.7 Å². The molecule has 2 amide bonds. The van der Waals surface area contributed by atoms with E-state index in [1.165, 1.54) is 6.92 Å². The van der Waals surface area contributed by atoms with E-state index < -0.39 is 0 Å². The van der Waals surface area contributed by atoms with E-state index in [0.717, 1.165) is 42.9 Å². The first-order chi connectivity index (χ1) is 11.0. The van der Waals surface area contributed by atoms with Gasteiger partial charge in [0.2, 0.25) is 11.8 Å². The van der Waals surface area contributed by atoms with Gasteiger partial charge in [-0.25, -0.2) is 0 Å². The molecule has 0 saturated carbocycles.